The van der Waals surface area contributed by atoms with Crippen LogP contribution in [-0.2, 0) is 0 Å². The highest BCUT2D eigenvalue weighted by atomic mass is 14.8. The Morgan fingerprint density at radius 1 is 1.78 bits per heavy atom. The van der Waals surface area contributed by atoms with Crippen LogP contribution in [0.15, 0.2) is 11.6 Å². The molecule has 0 aliphatic carbocycles. The van der Waals surface area contributed by atoms with E-state index < -0.39 is 0 Å². The average molecular weight is 124 g/mol. The van der Waals surface area contributed by atoms with Gasteiger partial charge in [0.1, 0.15) is 0 Å². The maximum atomic E-state index is 8.33. The predicted molar refractivity (Wildman–Crippen MR) is 37.9 cm³/mol. The SMILES string of the molecule is CNC(C)C=C(C)C#N. The van der Waals surface area contributed by atoms with Crippen molar-refractivity contribution in [2.45, 2.75) is 19.9 Å². The number of nitriles is 1. The second-order valence-electron chi connectivity index (χ2n) is 2.04. The maximum absolute atomic E-state index is 8.33. The number of nitrogens with one attached hydrogen (secondary N) is 1. The lowest BCUT2D eigenvalue weighted by molar-refractivity contribution is 0.726. The molecule has 0 spiro atoms. The van der Waals surface area contributed by atoms with E-state index in [1.165, 1.54) is 0 Å². The predicted octanol–water partition coefficient (Wildman–Crippen LogP) is 1.06. The third kappa shape index (κ3) is 3.75. The average Bonchev–Trinajstić information content (AvgIpc) is 1.87. The minimum absolute atomic E-state index is 0.296. The lowest BCUT2D eigenvalue weighted by Crippen LogP contribution is -2.18. The number of hydrogen-bond donors (Lipinski definition) is 1. The Hall–Kier alpha value is -0.810. The Balaban J connectivity index is 3.83. The van der Waals surface area contributed by atoms with Crippen molar-refractivity contribution < 1.29 is 0 Å². The summed E-state index contributed by atoms with van der Waals surface area (Å²) in [4.78, 5) is 0. The van der Waals surface area contributed by atoms with Gasteiger partial charge in [-0.25, -0.2) is 0 Å². The third-order valence-corrected chi connectivity index (χ3v) is 1.13. The molecule has 1 unspecified atom stereocenters. The number of likely N-dealkylation sites (N-methyl/N-ethyl adjacent to an activating group) is 1. The van der Waals surface area contributed by atoms with Crippen LogP contribution in [0, 0.1) is 11.3 Å². The topological polar surface area (TPSA) is 35.8 Å². The Morgan fingerprint density at radius 2 is 2.33 bits per heavy atom. The van der Waals surface area contributed by atoms with Crippen LogP contribution in [0.2, 0.25) is 0 Å². The summed E-state index contributed by atoms with van der Waals surface area (Å²) in [6.07, 6.45) is 1.89. The summed E-state index contributed by atoms with van der Waals surface area (Å²) in [5, 5.41) is 11.3. The van der Waals surface area contributed by atoms with Crippen molar-refractivity contribution in [3.05, 3.63) is 11.6 Å². The molecule has 0 aliphatic heterocycles. The molecule has 1 atom stereocenters. The molecule has 0 aromatic heterocycles. The highest BCUT2D eigenvalue weighted by molar-refractivity contribution is 5.19. The smallest absolute Gasteiger partial charge is 0.0941 e. The number of allylic oxidation sites excluding steroid dienone is 1. The van der Waals surface area contributed by atoms with E-state index in [-0.39, 0.29) is 0 Å². The maximum Gasteiger partial charge on any atom is 0.0941 e. The van der Waals surface area contributed by atoms with Crippen molar-refractivity contribution >= 4 is 0 Å². The molecular weight excluding hydrogens is 112 g/mol. The van der Waals surface area contributed by atoms with Crippen molar-refractivity contribution in [3.8, 4) is 6.07 Å². The Labute approximate surface area is 56.2 Å². The fraction of sp³-hybridized carbons (Fsp3) is 0.571. The minimum atomic E-state index is 0.296. The fourth-order valence-electron chi connectivity index (χ4n) is 0.496. The van der Waals surface area contributed by atoms with Crippen molar-refractivity contribution in [2.75, 3.05) is 7.05 Å². The van der Waals surface area contributed by atoms with Crippen molar-refractivity contribution in [1.82, 2.24) is 5.32 Å². The van der Waals surface area contributed by atoms with Crippen LogP contribution in [0.5, 0.6) is 0 Å². The van der Waals surface area contributed by atoms with Crippen LogP contribution >= 0.6 is 0 Å². The van der Waals surface area contributed by atoms with Gasteiger partial charge in [0.25, 0.3) is 0 Å². The Kier molecular flexibility index (Phi) is 3.74. The van der Waals surface area contributed by atoms with Gasteiger partial charge in [0.15, 0.2) is 0 Å². The fourth-order valence-corrected chi connectivity index (χ4v) is 0.496. The minimum Gasteiger partial charge on any atom is -0.314 e. The largest absolute Gasteiger partial charge is 0.314 e. The molecule has 0 aromatic carbocycles. The van der Waals surface area contributed by atoms with Gasteiger partial charge in [0, 0.05) is 11.6 Å². The van der Waals surface area contributed by atoms with Gasteiger partial charge in [-0.1, -0.05) is 6.08 Å². The van der Waals surface area contributed by atoms with E-state index in [4.69, 9.17) is 5.26 Å². The summed E-state index contributed by atoms with van der Waals surface area (Å²) >= 11 is 0. The molecule has 2 nitrogen and oxygen atoms in total. The Morgan fingerprint density at radius 3 is 2.67 bits per heavy atom. The van der Waals surface area contributed by atoms with Crippen LogP contribution in [-0.4, -0.2) is 13.1 Å². The zero-order valence-corrected chi connectivity index (χ0v) is 6.10. The van der Waals surface area contributed by atoms with Gasteiger partial charge in [0.05, 0.1) is 6.07 Å². The second kappa shape index (κ2) is 4.11. The van der Waals surface area contributed by atoms with Gasteiger partial charge >= 0.3 is 0 Å². The van der Waals surface area contributed by atoms with Crippen LogP contribution in [0.4, 0.5) is 0 Å². The van der Waals surface area contributed by atoms with Crippen LogP contribution < -0.4 is 5.32 Å². The molecule has 0 amide bonds. The number of nitrogens with zero attached hydrogens (tertiary/aromatic N) is 1. The van der Waals surface area contributed by atoms with Crippen LogP contribution in [0.3, 0.4) is 0 Å². The molecule has 2 heteroatoms. The van der Waals surface area contributed by atoms with E-state index in [9.17, 15) is 0 Å². The molecule has 1 N–H and O–H groups in total. The van der Waals surface area contributed by atoms with Gasteiger partial charge < -0.3 is 5.32 Å². The van der Waals surface area contributed by atoms with E-state index >= 15 is 0 Å². The molecule has 50 valence electrons. The molecule has 0 fully saturated rings. The highest BCUT2D eigenvalue weighted by Gasteiger charge is 1.91. The van der Waals surface area contributed by atoms with Gasteiger partial charge in [-0.05, 0) is 20.9 Å². The lowest BCUT2D eigenvalue weighted by Gasteiger charge is -2.01. The molecule has 9 heavy (non-hydrogen) atoms. The number of rotatable bonds is 2. The molecule has 0 saturated carbocycles. The molecule has 0 radical (unpaired) electrons. The highest BCUT2D eigenvalue weighted by Crippen LogP contribution is 1.91. The monoisotopic (exact) mass is 124 g/mol. The van der Waals surface area contributed by atoms with Crippen molar-refractivity contribution in [3.63, 3.8) is 0 Å². The number of hydrogen-bond acceptors (Lipinski definition) is 2. The first kappa shape index (κ1) is 8.19. The summed E-state index contributed by atoms with van der Waals surface area (Å²) in [5.41, 5.74) is 0.761. The first-order chi connectivity index (χ1) is 4.20. The molecule has 0 saturated heterocycles. The zero-order chi connectivity index (χ0) is 7.28. The molecule has 0 bridgehead atoms. The van der Waals surface area contributed by atoms with E-state index in [1.807, 2.05) is 20.0 Å². The van der Waals surface area contributed by atoms with Gasteiger partial charge in [-0.2, -0.15) is 5.26 Å². The first-order valence-corrected chi connectivity index (χ1v) is 2.96. The normalized spacial score (nSPS) is 14.7. The van der Waals surface area contributed by atoms with Crippen LogP contribution in [0.25, 0.3) is 0 Å². The van der Waals surface area contributed by atoms with Crippen LogP contribution in [0.1, 0.15) is 13.8 Å². The first-order valence-electron chi connectivity index (χ1n) is 2.96. The van der Waals surface area contributed by atoms with Gasteiger partial charge in [-0.15, -0.1) is 0 Å². The summed E-state index contributed by atoms with van der Waals surface area (Å²) in [6.45, 7) is 3.80. The third-order valence-electron chi connectivity index (χ3n) is 1.13. The lowest BCUT2D eigenvalue weighted by atomic mass is 10.2. The molecule has 0 aliphatic rings. The Bertz CT molecular complexity index is 141. The second-order valence-corrected chi connectivity index (χ2v) is 2.04. The standard InChI is InChI=1S/C7H12N2/c1-6(5-8)4-7(2)9-3/h4,7,9H,1-3H3. The molecular formula is C7H12N2. The molecule has 0 rings (SSSR count). The molecule has 0 aromatic rings. The van der Waals surface area contributed by atoms with Crippen molar-refractivity contribution in [2.24, 2.45) is 0 Å². The van der Waals surface area contributed by atoms with Gasteiger partial charge in [-0.3, -0.25) is 0 Å². The van der Waals surface area contributed by atoms with Crippen molar-refractivity contribution in [1.29, 1.82) is 5.26 Å². The summed E-state index contributed by atoms with van der Waals surface area (Å²) in [5.74, 6) is 0. The van der Waals surface area contributed by atoms with E-state index in [0.29, 0.717) is 6.04 Å². The van der Waals surface area contributed by atoms with Gasteiger partial charge in [0.2, 0.25) is 0 Å². The van der Waals surface area contributed by atoms with E-state index in [0.717, 1.165) is 5.57 Å². The quantitative estimate of drug-likeness (QED) is 0.559. The molecule has 0 heterocycles. The summed E-state index contributed by atoms with van der Waals surface area (Å²) in [7, 11) is 1.87. The van der Waals surface area contributed by atoms with E-state index in [2.05, 4.69) is 11.4 Å². The summed E-state index contributed by atoms with van der Waals surface area (Å²) in [6, 6.07) is 2.35. The van der Waals surface area contributed by atoms with E-state index in [1.54, 1.807) is 6.92 Å². The summed E-state index contributed by atoms with van der Waals surface area (Å²) < 4.78 is 0. The zero-order valence-electron chi connectivity index (χ0n) is 6.10.